The van der Waals surface area contributed by atoms with Crippen LogP contribution in [0, 0.1) is 5.92 Å². The molecule has 1 aromatic rings. The highest BCUT2D eigenvalue weighted by Gasteiger charge is 2.50. The lowest BCUT2D eigenvalue weighted by Crippen LogP contribution is -2.39. The summed E-state index contributed by atoms with van der Waals surface area (Å²) in [6.45, 7) is 4.24. The summed E-state index contributed by atoms with van der Waals surface area (Å²) in [4.78, 5) is 19.4. The van der Waals surface area contributed by atoms with Crippen LogP contribution in [0.25, 0.3) is 0 Å². The van der Waals surface area contributed by atoms with Crippen LogP contribution < -0.4 is 4.90 Å². The van der Waals surface area contributed by atoms with Crippen molar-refractivity contribution in [2.24, 2.45) is 10.9 Å². The average Bonchev–Trinajstić information content (AvgIpc) is 3.40. The van der Waals surface area contributed by atoms with Gasteiger partial charge in [0.15, 0.2) is 15.0 Å². The zero-order valence-corrected chi connectivity index (χ0v) is 19.6. The number of benzene rings is 1. The Labute approximate surface area is 184 Å². The Kier molecular flexibility index (Phi) is 6.58. The number of nitrogens with zero attached hydrogens (tertiary/aromatic N) is 2. The zero-order chi connectivity index (χ0) is 21.3. The molecule has 164 valence electrons. The molecular weight excluding hydrogens is 416 g/mol. The maximum absolute atomic E-state index is 12.7. The molecule has 2 heterocycles. The molecule has 7 heteroatoms. The molecular formula is C23H32N2O3S2. The van der Waals surface area contributed by atoms with Crippen molar-refractivity contribution < 1.29 is 13.2 Å². The summed E-state index contributed by atoms with van der Waals surface area (Å²) in [5.41, 5.74) is 3.44. The van der Waals surface area contributed by atoms with E-state index in [0.717, 1.165) is 24.9 Å². The third-order valence-electron chi connectivity index (χ3n) is 6.73. The molecule has 5 nitrogen and oxygen atoms in total. The number of para-hydroxylation sites is 1. The fraction of sp³-hybridized carbons (Fsp3) is 0.652. The summed E-state index contributed by atoms with van der Waals surface area (Å²) in [6, 6.07) is 6.14. The zero-order valence-electron chi connectivity index (χ0n) is 18.0. The van der Waals surface area contributed by atoms with Crippen molar-refractivity contribution in [1.82, 2.24) is 0 Å². The number of aliphatic imine (C=N–C) groups is 1. The fourth-order valence-electron chi connectivity index (χ4n) is 5.14. The van der Waals surface area contributed by atoms with Gasteiger partial charge in [-0.3, -0.25) is 4.79 Å². The van der Waals surface area contributed by atoms with Gasteiger partial charge in [-0.15, -0.1) is 0 Å². The Hall–Kier alpha value is -1.34. The first-order valence-electron chi connectivity index (χ1n) is 11.3. The van der Waals surface area contributed by atoms with Gasteiger partial charge >= 0.3 is 0 Å². The molecule has 0 radical (unpaired) electrons. The van der Waals surface area contributed by atoms with Crippen LogP contribution in [0.4, 0.5) is 5.69 Å². The number of amidine groups is 1. The van der Waals surface area contributed by atoms with E-state index in [1.165, 1.54) is 48.6 Å². The number of aryl methyl sites for hydroxylation is 2. The molecule has 1 aromatic carbocycles. The minimum atomic E-state index is -3.06. The summed E-state index contributed by atoms with van der Waals surface area (Å²) in [6.07, 6.45) is 8.16. The molecule has 0 bridgehead atoms. The number of fused-ring (bicyclic) bond motifs is 1. The Morgan fingerprint density at radius 2 is 1.80 bits per heavy atom. The lowest BCUT2D eigenvalue weighted by Gasteiger charge is -2.29. The topological polar surface area (TPSA) is 66.8 Å². The van der Waals surface area contributed by atoms with Crippen LogP contribution in [0.5, 0.6) is 0 Å². The summed E-state index contributed by atoms with van der Waals surface area (Å²) < 4.78 is 24.7. The summed E-state index contributed by atoms with van der Waals surface area (Å²) in [7, 11) is -3.06. The summed E-state index contributed by atoms with van der Waals surface area (Å²) >= 11 is 1.49. The Bertz CT molecular complexity index is 914. The van der Waals surface area contributed by atoms with Crippen LogP contribution >= 0.6 is 11.8 Å². The summed E-state index contributed by atoms with van der Waals surface area (Å²) in [5.74, 6) is 0.910. The van der Waals surface area contributed by atoms with Gasteiger partial charge in [0.2, 0.25) is 5.91 Å². The molecule has 3 fully saturated rings. The normalized spacial score (nSPS) is 27.1. The van der Waals surface area contributed by atoms with Gasteiger partial charge in [-0.1, -0.05) is 69.5 Å². The number of hydrogen-bond donors (Lipinski definition) is 0. The predicted octanol–water partition coefficient (Wildman–Crippen LogP) is 4.38. The number of rotatable bonds is 6. The lowest BCUT2D eigenvalue weighted by atomic mass is 10.0. The molecule has 2 aliphatic heterocycles. The van der Waals surface area contributed by atoms with Gasteiger partial charge in [-0.25, -0.2) is 8.42 Å². The van der Waals surface area contributed by atoms with Crippen molar-refractivity contribution >= 4 is 38.4 Å². The van der Waals surface area contributed by atoms with Crippen LogP contribution in [-0.4, -0.2) is 42.3 Å². The van der Waals surface area contributed by atoms with Gasteiger partial charge < -0.3 is 4.90 Å². The molecule has 3 aliphatic rings. The van der Waals surface area contributed by atoms with Gasteiger partial charge in [-0.05, 0) is 36.3 Å². The first-order valence-corrected chi connectivity index (χ1v) is 14.0. The molecule has 1 amide bonds. The number of thioether (sulfide) groups is 1. The van der Waals surface area contributed by atoms with Gasteiger partial charge in [0.25, 0.3) is 0 Å². The molecule has 1 aliphatic carbocycles. The monoisotopic (exact) mass is 448 g/mol. The quantitative estimate of drug-likeness (QED) is 0.646. The van der Waals surface area contributed by atoms with E-state index in [1.807, 2.05) is 0 Å². The molecule has 0 aromatic heterocycles. The highest BCUT2D eigenvalue weighted by Crippen LogP contribution is 2.43. The second-order valence-electron chi connectivity index (χ2n) is 8.78. The van der Waals surface area contributed by atoms with Gasteiger partial charge in [0.1, 0.15) is 0 Å². The van der Waals surface area contributed by atoms with Crippen molar-refractivity contribution in [3.8, 4) is 0 Å². The third kappa shape index (κ3) is 4.47. The van der Waals surface area contributed by atoms with E-state index in [0.29, 0.717) is 17.5 Å². The van der Waals surface area contributed by atoms with Crippen LogP contribution in [0.15, 0.2) is 23.2 Å². The Morgan fingerprint density at radius 1 is 1.13 bits per heavy atom. The number of anilines is 1. The smallest absolute Gasteiger partial charge is 0.248 e. The number of hydrogen-bond acceptors (Lipinski definition) is 4. The first kappa shape index (κ1) is 21.9. The molecule has 30 heavy (non-hydrogen) atoms. The number of carbonyl (C=O) groups is 1. The lowest BCUT2D eigenvalue weighted by molar-refractivity contribution is -0.118. The minimum Gasteiger partial charge on any atom is -0.315 e. The number of carbonyl (C=O) groups excluding carboxylic acids is 1. The molecule has 1 saturated carbocycles. The van der Waals surface area contributed by atoms with E-state index >= 15 is 0 Å². The maximum Gasteiger partial charge on any atom is 0.248 e. The summed E-state index contributed by atoms with van der Waals surface area (Å²) in [5, 5.41) is 0.651. The second kappa shape index (κ2) is 9.03. The Balaban J connectivity index is 1.65. The standard InChI is InChI=1S/C23H32N2O3S2/c1-3-17-10-7-11-18(4-2)22(17)25-19-14-30(27,28)15-20(19)29-23(25)24-21(26)13-12-16-8-5-6-9-16/h7,10-11,16,19-20H,3-6,8-9,12-15H2,1-2H3/t19-,20-/m1/s1. The molecule has 2 atom stereocenters. The van der Waals surface area contributed by atoms with Crippen LogP contribution in [0.1, 0.15) is 63.5 Å². The molecule has 0 N–H and O–H groups in total. The van der Waals surface area contributed by atoms with E-state index in [-0.39, 0.29) is 28.7 Å². The number of amides is 1. The molecule has 0 spiro atoms. The van der Waals surface area contributed by atoms with Crippen molar-refractivity contribution in [1.29, 1.82) is 0 Å². The van der Waals surface area contributed by atoms with E-state index in [1.54, 1.807) is 0 Å². The van der Waals surface area contributed by atoms with Gasteiger partial charge in [0.05, 0.1) is 17.5 Å². The van der Waals surface area contributed by atoms with Crippen molar-refractivity contribution in [2.45, 2.75) is 76.5 Å². The average molecular weight is 449 g/mol. The predicted molar refractivity (Wildman–Crippen MR) is 125 cm³/mol. The third-order valence-corrected chi connectivity index (χ3v) is 9.94. The largest absolute Gasteiger partial charge is 0.315 e. The van der Waals surface area contributed by atoms with E-state index in [4.69, 9.17) is 0 Å². The molecule has 0 unspecified atom stereocenters. The van der Waals surface area contributed by atoms with Crippen LogP contribution in [0.2, 0.25) is 0 Å². The highest BCUT2D eigenvalue weighted by molar-refractivity contribution is 8.16. The number of sulfone groups is 1. The second-order valence-corrected chi connectivity index (χ2v) is 12.1. The van der Waals surface area contributed by atoms with E-state index in [2.05, 4.69) is 41.9 Å². The fourth-order valence-corrected chi connectivity index (χ4v) is 9.06. The SMILES string of the molecule is CCc1cccc(CC)c1N1C(=NC(=O)CCC2CCCC2)S[C@@H]2CS(=O)(=O)C[C@H]21. The van der Waals surface area contributed by atoms with Crippen LogP contribution in [0.3, 0.4) is 0 Å². The molecule has 4 rings (SSSR count). The van der Waals surface area contributed by atoms with Crippen molar-refractivity contribution in [3.63, 3.8) is 0 Å². The minimum absolute atomic E-state index is 0.0500. The van der Waals surface area contributed by atoms with Gasteiger partial charge in [-0.2, -0.15) is 4.99 Å². The molecule has 2 saturated heterocycles. The Morgan fingerprint density at radius 3 is 2.43 bits per heavy atom. The highest BCUT2D eigenvalue weighted by atomic mass is 32.2. The van der Waals surface area contributed by atoms with E-state index in [9.17, 15) is 13.2 Å². The van der Waals surface area contributed by atoms with Gasteiger partial charge in [0, 0.05) is 17.4 Å². The van der Waals surface area contributed by atoms with Crippen molar-refractivity contribution in [3.05, 3.63) is 29.3 Å². The van der Waals surface area contributed by atoms with E-state index < -0.39 is 9.84 Å². The van der Waals surface area contributed by atoms with Crippen LogP contribution in [-0.2, 0) is 27.5 Å². The first-order chi connectivity index (χ1) is 14.4. The maximum atomic E-state index is 12.7. The van der Waals surface area contributed by atoms with Crippen molar-refractivity contribution in [2.75, 3.05) is 16.4 Å².